The Balaban J connectivity index is 2.05. The number of carbonyl (C=O) groups excluding carboxylic acids is 1. The number of nitrogens with one attached hydrogen (secondary N) is 1. The Morgan fingerprint density at radius 2 is 2.22 bits per heavy atom. The second kappa shape index (κ2) is 4.46. The third-order valence-electron chi connectivity index (χ3n) is 3.75. The van der Waals surface area contributed by atoms with Crippen molar-refractivity contribution in [2.75, 3.05) is 26.7 Å². The van der Waals surface area contributed by atoms with Crippen LogP contribution in [0.25, 0.3) is 10.9 Å². The molecule has 1 unspecified atom stereocenters. The Kier molecular flexibility index (Phi) is 2.80. The molecule has 1 aromatic heterocycles. The van der Waals surface area contributed by atoms with Crippen molar-refractivity contribution in [2.45, 2.75) is 6.04 Å². The minimum Gasteiger partial charge on any atom is -0.361 e. The highest BCUT2D eigenvalue weighted by Gasteiger charge is 2.26. The van der Waals surface area contributed by atoms with Gasteiger partial charge in [-0.15, -0.1) is 0 Å². The maximum absolute atomic E-state index is 11.2. The van der Waals surface area contributed by atoms with E-state index in [0.717, 1.165) is 31.6 Å². The third-order valence-corrected chi connectivity index (χ3v) is 3.75. The van der Waals surface area contributed by atoms with Gasteiger partial charge in [-0.2, -0.15) is 0 Å². The van der Waals surface area contributed by atoms with Crippen LogP contribution in [0.5, 0.6) is 0 Å². The largest absolute Gasteiger partial charge is 0.361 e. The fraction of sp³-hybridized carbons (Fsp3) is 0.357. The molecule has 1 aromatic carbocycles. The van der Waals surface area contributed by atoms with E-state index in [4.69, 9.17) is 0 Å². The van der Waals surface area contributed by atoms with E-state index in [1.807, 2.05) is 17.2 Å². The molecule has 1 saturated heterocycles. The zero-order valence-corrected chi connectivity index (χ0v) is 10.5. The fourth-order valence-electron chi connectivity index (χ4n) is 2.74. The predicted octanol–water partition coefficient (Wildman–Crippen LogP) is 1.61. The van der Waals surface area contributed by atoms with Gasteiger partial charge in [-0.1, -0.05) is 12.1 Å². The van der Waals surface area contributed by atoms with E-state index in [1.165, 1.54) is 10.9 Å². The minimum atomic E-state index is 0.153. The Morgan fingerprint density at radius 1 is 1.33 bits per heavy atom. The number of H-pyrrole nitrogens is 1. The van der Waals surface area contributed by atoms with Crippen LogP contribution in [-0.2, 0) is 4.79 Å². The number of hydrogen-bond acceptors (Lipinski definition) is 2. The number of amides is 1. The van der Waals surface area contributed by atoms with E-state index in [0.29, 0.717) is 0 Å². The Labute approximate surface area is 106 Å². The monoisotopic (exact) mass is 243 g/mol. The molecule has 1 amide bonds. The maximum atomic E-state index is 11.2. The highest BCUT2D eigenvalue weighted by atomic mass is 16.1. The molecule has 1 N–H and O–H groups in total. The molecular weight excluding hydrogens is 226 g/mol. The third kappa shape index (κ3) is 1.78. The van der Waals surface area contributed by atoms with Gasteiger partial charge >= 0.3 is 0 Å². The highest BCUT2D eigenvalue weighted by Crippen LogP contribution is 2.29. The number of likely N-dealkylation sites (N-methyl/N-ethyl adjacent to an activating group) is 1. The lowest BCUT2D eigenvalue weighted by Gasteiger charge is -2.38. The van der Waals surface area contributed by atoms with Gasteiger partial charge < -0.3 is 14.8 Å². The summed E-state index contributed by atoms with van der Waals surface area (Å²) < 4.78 is 0. The van der Waals surface area contributed by atoms with E-state index in [1.54, 1.807) is 0 Å². The number of aromatic nitrogens is 1. The molecule has 4 heteroatoms. The van der Waals surface area contributed by atoms with Gasteiger partial charge in [-0.3, -0.25) is 4.79 Å². The smallest absolute Gasteiger partial charge is 0.210 e. The summed E-state index contributed by atoms with van der Waals surface area (Å²) >= 11 is 0. The molecule has 0 saturated carbocycles. The van der Waals surface area contributed by atoms with E-state index >= 15 is 0 Å². The van der Waals surface area contributed by atoms with Crippen LogP contribution in [0, 0.1) is 0 Å². The lowest BCUT2D eigenvalue weighted by Crippen LogP contribution is -2.46. The van der Waals surface area contributed by atoms with Gasteiger partial charge in [-0.25, -0.2) is 0 Å². The van der Waals surface area contributed by atoms with Crippen molar-refractivity contribution in [3.63, 3.8) is 0 Å². The van der Waals surface area contributed by atoms with Crippen LogP contribution in [-0.4, -0.2) is 47.9 Å². The number of carbonyl (C=O) groups is 1. The molecule has 2 heterocycles. The average Bonchev–Trinajstić information content (AvgIpc) is 2.86. The quantitative estimate of drug-likeness (QED) is 0.814. The van der Waals surface area contributed by atoms with Gasteiger partial charge in [0, 0.05) is 36.7 Å². The van der Waals surface area contributed by atoms with Crippen LogP contribution in [0.15, 0.2) is 30.5 Å². The van der Waals surface area contributed by atoms with Gasteiger partial charge in [0.15, 0.2) is 0 Å². The first kappa shape index (κ1) is 11.3. The summed E-state index contributed by atoms with van der Waals surface area (Å²) in [6, 6.07) is 8.47. The number of benzene rings is 1. The van der Waals surface area contributed by atoms with Crippen LogP contribution < -0.4 is 0 Å². The molecule has 2 aromatic rings. The summed E-state index contributed by atoms with van der Waals surface area (Å²) in [6.07, 6.45) is 2.93. The van der Waals surface area contributed by atoms with Crippen molar-refractivity contribution in [1.29, 1.82) is 0 Å². The van der Waals surface area contributed by atoms with Crippen LogP contribution in [0.4, 0.5) is 0 Å². The Hall–Kier alpha value is -1.81. The van der Waals surface area contributed by atoms with E-state index < -0.39 is 0 Å². The van der Waals surface area contributed by atoms with Gasteiger partial charge in [0.25, 0.3) is 0 Å². The molecule has 94 valence electrons. The van der Waals surface area contributed by atoms with Gasteiger partial charge in [0.1, 0.15) is 0 Å². The van der Waals surface area contributed by atoms with Crippen molar-refractivity contribution in [3.8, 4) is 0 Å². The number of nitrogens with zero attached hydrogens (tertiary/aromatic N) is 2. The van der Waals surface area contributed by atoms with Crippen molar-refractivity contribution >= 4 is 17.3 Å². The molecule has 4 nitrogen and oxygen atoms in total. The van der Waals surface area contributed by atoms with E-state index in [9.17, 15) is 4.79 Å². The summed E-state index contributed by atoms with van der Waals surface area (Å²) in [5, 5.41) is 1.21. The van der Waals surface area contributed by atoms with Crippen molar-refractivity contribution in [3.05, 3.63) is 36.0 Å². The standard InChI is InChI=1S/C14H17N3O/c1-16-7-8-17(10-18)14(9-16)12-3-2-4-13-11(12)5-6-15-13/h2-6,10,14-15H,7-9H2,1H3. The summed E-state index contributed by atoms with van der Waals surface area (Å²) in [5.41, 5.74) is 2.36. The summed E-state index contributed by atoms with van der Waals surface area (Å²) in [7, 11) is 2.10. The normalized spacial score (nSPS) is 21.4. The second-order valence-electron chi connectivity index (χ2n) is 4.91. The number of fused-ring (bicyclic) bond motifs is 1. The predicted molar refractivity (Wildman–Crippen MR) is 71.3 cm³/mol. The van der Waals surface area contributed by atoms with Gasteiger partial charge in [0.05, 0.1) is 6.04 Å². The van der Waals surface area contributed by atoms with Crippen molar-refractivity contribution in [2.24, 2.45) is 0 Å². The van der Waals surface area contributed by atoms with Crippen molar-refractivity contribution < 1.29 is 4.79 Å². The van der Waals surface area contributed by atoms with Crippen LogP contribution in [0.3, 0.4) is 0 Å². The molecule has 1 atom stereocenters. The minimum absolute atomic E-state index is 0.153. The lowest BCUT2D eigenvalue weighted by molar-refractivity contribution is -0.122. The average molecular weight is 243 g/mol. The first-order chi connectivity index (χ1) is 8.79. The van der Waals surface area contributed by atoms with E-state index in [-0.39, 0.29) is 6.04 Å². The number of piperazine rings is 1. The van der Waals surface area contributed by atoms with Gasteiger partial charge in [-0.05, 0) is 24.7 Å². The van der Waals surface area contributed by atoms with Gasteiger partial charge in [0.2, 0.25) is 6.41 Å². The molecule has 0 aliphatic carbocycles. The Bertz CT molecular complexity index is 563. The maximum Gasteiger partial charge on any atom is 0.210 e. The summed E-state index contributed by atoms with van der Waals surface area (Å²) in [5.74, 6) is 0. The first-order valence-electron chi connectivity index (χ1n) is 6.25. The van der Waals surface area contributed by atoms with E-state index in [2.05, 4.69) is 35.1 Å². The molecule has 1 aliphatic heterocycles. The molecule has 0 radical (unpaired) electrons. The van der Waals surface area contributed by atoms with Crippen molar-refractivity contribution in [1.82, 2.24) is 14.8 Å². The Morgan fingerprint density at radius 3 is 3.06 bits per heavy atom. The molecular formula is C14H17N3O. The zero-order chi connectivity index (χ0) is 12.5. The SMILES string of the molecule is CN1CCN(C=O)C(c2cccc3[nH]ccc23)C1. The summed E-state index contributed by atoms with van der Waals surface area (Å²) in [4.78, 5) is 18.6. The summed E-state index contributed by atoms with van der Waals surface area (Å²) in [6.45, 7) is 2.63. The molecule has 0 spiro atoms. The molecule has 18 heavy (non-hydrogen) atoms. The zero-order valence-electron chi connectivity index (χ0n) is 10.5. The highest BCUT2D eigenvalue weighted by molar-refractivity contribution is 5.83. The molecule has 0 bridgehead atoms. The fourth-order valence-corrected chi connectivity index (χ4v) is 2.74. The molecule has 1 fully saturated rings. The number of hydrogen-bond donors (Lipinski definition) is 1. The number of rotatable bonds is 2. The lowest BCUT2D eigenvalue weighted by atomic mass is 9.99. The van der Waals surface area contributed by atoms with Crippen LogP contribution in [0.2, 0.25) is 0 Å². The second-order valence-corrected chi connectivity index (χ2v) is 4.91. The van der Waals surface area contributed by atoms with Crippen LogP contribution in [0.1, 0.15) is 11.6 Å². The van der Waals surface area contributed by atoms with Crippen LogP contribution >= 0.6 is 0 Å². The molecule has 1 aliphatic rings. The molecule has 3 rings (SSSR count). The topological polar surface area (TPSA) is 39.3 Å². The first-order valence-corrected chi connectivity index (χ1v) is 6.25. The number of aromatic amines is 1.